The van der Waals surface area contributed by atoms with E-state index < -0.39 is 5.41 Å². The summed E-state index contributed by atoms with van der Waals surface area (Å²) in [7, 11) is 0. The molecule has 2 N–H and O–H groups in total. The molecule has 1 aliphatic heterocycles. The van der Waals surface area contributed by atoms with E-state index in [-0.39, 0.29) is 11.5 Å². The predicted molar refractivity (Wildman–Crippen MR) is 151 cm³/mol. The summed E-state index contributed by atoms with van der Waals surface area (Å²) < 4.78 is 7.62. The Morgan fingerprint density at radius 2 is 1.11 bits per heavy atom. The van der Waals surface area contributed by atoms with E-state index in [1.807, 2.05) is 48.5 Å². The molecule has 1 heterocycles. The second-order valence-corrected chi connectivity index (χ2v) is 10.3. The molecule has 0 unspecified atom stereocenters. The highest BCUT2D eigenvalue weighted by Gasteiger charge is 2.47. The molecule has 6 aromatic carbocycles. The monoisotopic (exact) mass is 544 g/mol. The van der Waals surface area contributed by atoms with Crippen LogP contribution in [0.15, 0.2) is 120 Å². The van der Waals surface area contributed by atoms with Gasteiger partial charge in [-0.2, -0.15) is 0 Å². The molecule has 0 aromatic heterocycles. The third kappa shape index (κ3) is 3.19. The predicted octanol–water partition coefficient (Wildman–Crippen LogP) is 8.66. The molecule has 0 fully saturated rings. The zero-order valence-corrected chi connectivity index (χ0v) is 21.2. The number of hydrogen-bond donors (Lipinski definition) is 2. The number of phenols is 2. The van der Waals surface area contributed by atoms with Crippen LogP contribution in [0.5, 0.6) is 23.0 Å². The molecule has 0 bridgehead atoms. The van der Waals surface area contributed by atoms with Crippen LogP contribution in [0.4, 0.5) is 0 Å². The van der Waals surface area contributed by atoms with Gasteiger partial charge in [-0.05, 0) is 81.2 Å². The van der Waals surface area contributed by atoms with E-state index in [2.05, 4.69) is 58.4 Å². The molecule has 4 heteroatoms. The summed E-state index contributed by atoms with van der Waals surface area (Å²) in [4.78, 5) is 0. The van der Waals surface area contributed by atoms with Gasteiger partial charge in [0.15, 0.2) is 0 Å². The number of aromatic hydroxyl groups is 2. The van der Waals surface area contributed by atoms with Gasteiger partial charge in [0.1, 0.15) is 23.0 Å². The first-order chi connectivity index (χ1) is 18.1. The molecule has 0 saturated carbocycles. The fourth-order valence-electron chi connectivity index (χ4n) is 5.94. The first-order valence-corrected chi connectivity index (χ1v) is 12.9. The van der Waals surface area contributed by atoms with E-state index in [4.69, 9.17) is 4.74 Å². The molecule has 3 nitrogen and oxygen atoms in total. The quantitative estimate of drug-likeness (QED) is 0.229. The molecule has 0 radical (unpaired) electrons. The molecule has 0 spiro atoms. The van der Waals surface area contributed by atoms with Gasteiger partial charge in [0.2, 0.25) is 0 Å². The lowest BCUT2D eigenvalue weighted by atomic mass is 9.61. The second kappa shape index (κ2) is 8.12. The van der Waals surface area contributed by atoms with Gasteiger partial charge < -0.3 is 14.9 Å². The minimum Gasteiger partial charge on any atom is -0.508 e. The van der Waals surface area contributed by atoms with Crippen molar-refractivity contribution >= 4 is 37.5 Å². The van der Waals surface area contributed by atoms with E-state index in [0.717, 1.165) is 59.8 Å². The lowest BCUT2D eigenvalue weighted by Crippen LogP contribution is -2.34. The van der Waals surface area contributed by atoms with E-state index in [1.165, 1.54) is 0 Å². The van der Waals surface area contributed by atoms with Crippen LogP contribution in [-0.2, 0) is 5.41 Å². The van der Waals surface area contributed by atoms with Crippen molar-refractivity contribution in [3.63, 3.8) is 0 Å². The summed E-state index contributed by atoms with van der Waals surface area (Å²) in [6.45, 7) is 0. The normalized spacial score (nSPS) is 13.6. The molecule has 37 heavy (non-hydrogen) atoms. The average molecular weight is 545 g/mol. The molecular weight excluding hydrogens is 524 g/mol. The fraction of sp³-hybridized carbons (Fsp3) is 0.0303. The van der Waals surface area contributed by atoms with Crippen molar-refractivity contribution in [2.75, 3.05) is 0 Å². The number of rotatable bonds is 2. The smallest absolute Gasteiger partial charge is 0.132 e. The first-order valence-electron chi connectivity index (χ1n) is 12.1. The van der Waals surface area contributed by atoms with Crippen molar-refractivity contribution in [2.45, 2.75) is 5.41 Å². The van der Waals surface area contributed by atoms with Crippen molar-refractivity contribution in [3.8, 4) is 23.0 Å². The summed E-state index contributed by atoms with van der Waals surface area (Å²) in [6, 6.07) is 37.9. The van der Waals surface area contributed by atoms with Crippen LogP contribution in [0.2, 0.25) is 0 Å². The van der Waals surface area contributed by atoms with Gasteiger partial charge in [-0.15, -0.1) is 0 Å². The van der Waals surface area contributed by atoms with Gasteiger partial charge in [0, 0.05) is 15.6 Å². The van der Waals surface area contributed by atoms with Crippen LogP contribution in [0, 0.1) is 0 Å². The molecule has 6 aromatic rings. The van der Waals surface area contributed by atoms with Crippen LogP contribution in [-0.4, -0.2) is 10.2 Å². The van der Waals surface area contributed by atoms with Crippen molar-refractivity contribution in [2.24, 2.45) is 0 Å². The van der Waals surface area contributed by atoms with Crippen LogP contribution < -0.4 is 4.74 Å². The molecular formula is C33H21BrO3. The van der Waals surface area contributed by atoms with Crippen molar-refractivity contribution in [1.82, 2.24) is 0 Å². The SMILES string of the molecule is Oc1ccc2c3c(ccc2c1)Oc1ccc2cc(O)ccc2c1C3(c1ccccc1)c1cccc(Br)c1. The van der Waals surface area contributed by atoms with Gasteiger partial charge >= 0.3 is 0 Å². The zero-order valence-electron chi connectivity index (χ0n) is 19.7. The van der Waals surface area contributed by atoms with Gasteiger partial charge in [0.05, 0.1) is 5.41 Å². The molecule has 1 aliphatic rings. The maximum atomic E-state index is 10.3. The van der Waals surface area contributed by atoms with Gasteiger partial charge in [0.25, 0.3) is 0 Å². The van der Waals surface area contributed by atoms with E-state index in [9.17, 15) is 10.2 Å². The maximum Gasteiger partial charge on any atom is 0.132 e. The third-order valence-corrected chi connectivity index (χ3v) is 7.86. The van der Waals surface area contributed by atoms with Crippen LogP contribution >= 0.6 is 15.9 Å². The zero-order chi connectivity index (χ0) is 25.1. The van der Waals surface area contributed by atoms with E-state index >= 15 is 0 Å². The third-order valence-electron chi connectivity index (χ3n) is 7.36. The molecule has 0 atom stereocenters. The van der Waals surface area contributed by atoms with E-state index in [1.54, 1.807) is 24.3 Å². The van der Waals surface area contributed by atoms with Crippen molar-refractivity contribution in [3.05, 3.63) is 142 Å². The molecule has 0 saturated heterocycles. The lowest BCUT2D eigenvalue weighted by molar-refractivity contribution is 0.438. The Kier molecular flexibility index (Phi) is 4.82. The molecule has 0 aliphatic carbocycles. The number of hydrogen-bond acceptors (Lipinski definition) is 3. The Morgan fingerprint density at radius 3 is 1.68 bits per heavy atom. The van der Waals surface area contributed by atoms with Gasteiger partial charge in [-0.3, -0.25) is 0 Å². The van der Waals surface area contributed by atoms with Crippen LogP contribution in [0.1, 0.15) is 22.3 Å². The van der Waals surface area contributed by atoms with Crippen molar-refractivity contribution < 1.29 is 14.9 Å². The van der Waals surface area contributed by atoms with Crippen LogP contribution in [0.3, 0.4) is 0 Å². The number of benzene rings is 6. The highest BCUT2D eigenvalue weighted by molar-refractivity contribution is 9.10. The minimum atomic E-state index is -0.749. The highest BCUT2D eigenvalue weighted by Crippen LogP contribution is 2.59. The largest absolute Gasteiger partial charge is 0.508 e. The van der Waals surface area contributed by atoms with Crippen molar-refractivity contribution in [1.29, 1.82) is 0 Å². The summed E-state index contributed by atoms with van der Waals surface area (Å²) in [5.74, 6) is 1.98. The molecule has 0 amide bonds. The highest BCUT2D eigenvalue weighted by atomic mass is 79.9. The summed E-state index contributed by atoms with van der Waals surface area (Å²) in [5, 5.41) is 24.5. The second-order valence-electron chi connectivity index (χ2n) is 9.42. The summed E-state index contributed by atoms with van der Waals surface area (Å²) in [6.07, 6.45) is 0. The number of fused-ring (bicyclic) bond motifs is 6. The number of halogens is 1. The number of ether oxygens (including phenoxy) is 1. The Labute approximate surface area is 222 Å². The van der Waals surface area contributed by atoms with Gasteiger partial charge in [-0.25, -0.2) is 0 Å². The fourth-order valence-corrected chi connectivity index (χ4v) is 6.33. The summed E-state index contributed by atoms with van der Waals surface area (Å²) in [5.41, 5.74) is 3.46. The first kappa shape index (κ1) is 22.0. The van der Waals surface area contributed by atoms with Gasteiger partial charge in [-0.1, -0.05) is 82.7 Å². The Bertz CT molecular complexity index is 1750. The minimum absolute atomic E-state index is 0.221. The molecule has 178 valence electrons. The Balaban J connectivity index is 1.77. The standard InChI is InChI=1S/C33H21BrO3/c34-24-8-4-7-23(19-24)33(22-5-2-1-3-6-22)31-27-13-11-25(35)17-20(27)9-15-29(31)37-30-16-10-21-18-26(36)12-14-28(21)32(30)33/h1-19,35-36H. The summed E-state index contributed by atoms with van der Waals surface area (Å²) >= 11 is 3.73. The van der Waals surface area contributed by atoms with Crippen LogP contribution in [0.25, 0.3) is 21.5 Å². The Hall–Kier alpha value is -4.28. The maximum absolute atomic E-state index is 10.3. The average Bonchev–Trinajstić information content (AvgIpc) is 2.91. The lowest BCUT2D eigenvalue weighted by Gasteiger charge is -2.43. The topological polar surface area (TPSA) is 49.7 Å². The molecule has 7 rings (SSSR count). The number of phenolic OH excluding ortho intramolecular Hbond substituents is 2. The Morgan fingerprint density at radius 1 is 0.541 bits per heavy atom. The van der Waals surface area contributed by atoms with E-state index in [0.29, 0.717) is 0 Å².